The van der Waals surface area contributed by atoms with Gasteiger partial charge in [0.1, 0.15) is 0 Å². The smallest absolute Gasteiger partial charge is 0.348 e. The molecule has 0 bridgehead atoms. The van der Waals surface area contributed by atoms with Crippen molar-refractivity contribution in [2.75, 3.05) is 14.1 Å². The molecule has 0 aliphatic carbocycles. The number of amides is 1. The molecule has 0 N–H and O–H groups in total. The number of hydrogen-bond donors (Lipinski definition) is 0. The molecule has 1 amide bonds. The number of alkyl halides is 3. The van der Waals surface area contributed by atoms with Crippen LogP contribution in [0.4, 0.5) is 13.2 Å². The van der Waals surface area contributed by atoms with Gasteiger partial charge in [0.05, 0.1) is 10.9 Å². The van der Waals surface area contributed by atoms with Gasteiger partial charge in [-0.25, -0.2) is 0 Å². The van der Waals surface area contributed by atoms with Crippen LogP contribution < -0.4 is 0 Å². The maximum Gasteiger partial charge on any atom is 0.435 e. The van der Waals surface area contributed by atoms with E-state index < -0.39 is 11.9 Å². The molecule has 1 aromatic rings. The molecule has 0 spiro atoms. The van der Waals surface area contributed by atoms with Crippen molar-refractivity contribution in [2.24, 2.45) is 7.05 Å². The van der Waals surface area contributed by atoms with E-state index in [0.29, 0.717) is 17.0 Å². The van der Waals surface area contributed by atoms with Crippen molar-refractivity contribution in [1.29, 1.82) is 0 Å². The van der Waals surface area contributed by atoms with E-state index in [1.54, 1.807) is 20.2 Å². The molecule has 2 rings (SSSR count). The van der Waals surface area contributed by atoms with Crippen molar-refractivity contribution >= 4 is 22.6 Å². The number of rotatable bonds is 2. The Morgan fingerprint density at radius 1 is 1.50 bits per heavy atom. The third-order valence-corrected chi connectivity index (χ3v) is 4.23. The molecule has 4 nitrogen and oxygen atoms in total. The van der Waals surface area contributed by atoms with Crippen molar-refractivity contribution in [1.82, 2.24) is 14.7 Å². The van der Waals surface area contributed by atoms with E-state index in [4.69, 9.17) is 0 Å². The molecule has 0 fully saturated rings. The summed E-state index contributed by atoms with van der Waals surface area (Å²) in [5.41, 5.74) is -0.532. The van der Waals surface area contributed by atoms with Crippen LogP contribution in [0.2, 0.25) is 0 Å². The number of carbonyl (C=O) groups excluding carboxylic acids is 1. The summed E-state index contributed by atoms with van der Waals surface area (Å²) in [5.74, 6) is -0.0422. The lowest BCUT2D eigenvalue weighted by molar-refractivity contribution is -0.141. The summed E-state index contributed by atoms with van der Waals surface area (Å²) in [4.78, 5) is 14.0. The molecule has 1 atom stereocenters. The van der Waals surface area contributed by atoms with E-state index in [1.807, 2.05) is 0 Å². The predicted octanol–water partition coefficient (Wildman–Crippen LogP) is 2.37. The van der Waals surface area contributed by atoms with Gasteiger partial charge in [-0.05, 0) is 12.5 Å². The summed E-state index contributed by atoms with van der Waals surface area (Å²) in [5, 5.41) is 3.20. The first kappa shape index (κ1) is 15.0. The first-order chi connectivity index (χ1) is 9.20. The van der Waals surface area contributed by atoms with E-state index >= 15 is 0 Å². The Hall–Kier alpha value is -1.44. The Morgan fingerprint density at radius 2 is 2.15 bits per heavy atom. The second-order valence-corrected chi connectivity index (χ2v) is 5.92. The zero-order valence-electron chi connectivity index (χ0n) is 11.2. The molecular formula is C12H14F3N3OS. The number of hydrogen-bond acceptors (Lipinski definition) is 3. The second kappa shape index (κ2) is 5.16. The van der Waals surface area contributed by atoms with Crippen LogP contribution in [0.1, 0.15) is 17.8 Å². The maximum atomic E-state index is 12.6. The molecule has 20 heavy (non-hydrogen) atoms. The lowest BCUT2D eigenvalue weighted by Crippen LogP contribution is -2.30. The highest BCUT2D eigenvalue weighted by molar-refractivity contribution is 8.09. The summed E-state index contributed by atoms with van der Waals surface area (Å²) in [6, 6.07) is 1.02. The molecular weight excluding hydrogens is 291 g/mol. The molecule has 0 aromatic carbocycles. The Morgan fingerprint density at radius 3 is 2.65 bits per heavy atom. The molecule has 110 valence electrons. The van der Waals surface area contributed by atoms with Crippen LogP contribution in [0.25, 0.3) is 4.91 Å². The van der Waals surface area contributed by atoms with Crippen molar-refractivity contribution in [3.8, 4) is 0 Å². The van der Waals surface area contributed by atoms with E-state index in [0.717, 1.165) is 6.07 Å². The standard InChI is InChI=1S/C12H14F3N3OS/c1-17(2)11(19)9-5-4-8(20-9)7-6-10(12(13,14)15)16-18(7)3/h4,6,9H,5H2,1-3H3. The fourth-order valence-electron chi connectivity index (χ4n) is 1.90. The lowest BCUT2D eigenvalue weighted by atomic mass is 10.2. The maximum absolute atomic E-state index is 12.6. The van der Waals surface area contributed by atoms with Crippen LogP contribution in [0.3, 0.4) is 0 Å². The first-order valence-corrected chi connectivity index (χ1v) is 6.77. The van der Waals surface area contributed by atoms with Crippen LogP contribution in [-0.2, 0) is 18.0 Å². The molecule has 2 heterocycles. The summed E-state index contributed by atoms with van der Waals surface area (Å²) < 4.78 is 39.0. The minimum Gasteiger partial charge on any atom is -0.348 e. The van der Waals surface area contributed by atoms with Crippen LogP contribution in [0, 0.1) is 0 Å². The number of nitrogens with zero attached hydrogens (tertiary/aromatic N) is 3. The minimum absolute atomic E-state index is 0.0422. The first-order valence-electron chi connectivity index (χ1n) is 5.89. The molecule has 0 saturated carbocycles. The zero-order valence-corrected chi connectivity index (χ0v) is 12.0. The Labute approximate surface area is 118 Å². The number of carbonyl (C=O) groups is 1. The highest BCUT2D eigenvalue weighted by atomic mass is 32.2. The quantitative estimate of drug-likeness (QED) is 0.842. The summed E-state index contributed by atoms with van der Waals surface area (Å²) in [7, 11) is 4.78. The summed E-state index contributed by atoms with van der Waals surface area (Å²) >= 11 is 1.28. The molecule has 0 radical (unpaired) electrons. The number of aromatic nitrogens is 2. The Bertz CT molecular complexity index is 563. The van der Waals surface area contributed by atoms with Crippen molar-refractivity contribution in [3.05, 3.63) is 23.5 Å². The fraction of sp³-hybridized carbons (Fsp3) is 0.500. The topological polar surface area (TPSA) is 38.1 Å². The summed E-state index contributed by atoms with van der Waals surface area (Å²) in [6.07, 6.45) is -2.16. The van der Waals surface area contributed by atoms with Crippen molar-refractivity contribution in [3.63, 3.8) is 0 Å². The van der Waals surface area contributed by atoms with Crippen LogP contribution in [-0.4, -0.2) is 39.9 Å². The molecule has 1 aliphatic heterocycles. The van der Waals surface area contributed by atoms with E-state index in [-0.39, 0.29) is 11.2 Å². The van der Waals surface area contributed by atoms with E-state index in [2.05, 4.69) is 5.10 Å². The Kier molecular flexibility index (Phi) is 3.86. The normalized spacial score (nSPS) is 19.1. The van der Waals surface area contributed by atoms with Crippen LogP contribution >= 0.6 is 11.8 Å². The zero-order chi connectivity index (χ0) is 15.1. The summed E-state index contributed by atoms with van der Waals surface area (Å²) in [6.45, 7) is 0. The SMILES string of the molecule is CN(C)C(=O)C1CC=C(c2cc(C(F)(F)F)nn2C)S1. The van der Waals surface area contributed by atoms with Gasteiger partial charge in [0, 0.05) is 26.0 Å². The minimum atomic E-state index is -4.46. The number of aryl methyl sites for hydroxylation is 1. The average molecular weight is 305 g/mol. The molecule has 1 aliphatic rings. The van der Waals surface area contributed by atoms with Crippen LogP contribution in [0.15, 0.2) is 12.1 Å². The highest BCUT2D eigenvalue weighted by Gasteiger charge is 2.36. The molecule has 1 aromatic heterocycles. The third-order valence-electron chi connectivity index (χ3n) is 2.93. The fourth-order valence-corrected chi connectivity index (χ4v) is 3.22. The van der Waals surface area contributed by atoms with Gasteiger partial charge in [-0.3, -0.25) is 9.48 Å². The second-order valence-electron chi connectivity index (χ2n) is 4.68. The van der Waals surface area contributed by atoms with E-state index in [9.17, 15) is 18.0 Å². The van der Waals surface area contributed by atoms with Gasteiger partial charge in [0.25, 0.3) is 0 Å². The Balaban J connectivity index is 2.19. The monoisotopic (exact) mass is 305 g/mol. The van der Waals surface area contributed by atoms with Gasteiger partial charge >= 0.3 is 6.18 Å². The molecule has 8 heteroatoms. The predicted molar refractivity (Wildman–Crippen MR) is 70.9 cm³/mol. The third kappa shape index (κ3) is 2.84. The van der Waals surface area contributed by atoms with Gasteiger partial charge in [0.2, 0.25) is 5.91 Å². The van der Waals surface area contributed by atoms with Crippen LogP contribution in [0.5, 0.6) is 0 Å². The van der Waals surface area contributed by atoms with Crippen molar-refractivity contribution in [2.45, 2.75) is 17.8 Å². The molecule has 1 unspecified atom stereocenters. The average Bonchev–Trinajstić information content (AvgIpc) is 2.92. The lowest BCUT2D eigenvalue weighted by Gasteiger charge is -2.15. The van der Waals surface area contributed by atoms with Gasteiger partial charge < -0.3 is 4.90 Å². The number of halogens is 3. The van der Waals surface area contributed by atoms with E-state index in [1.165, 1.54) is 28.4 Å². The van der Waals surface area contributed by atoms with Gasteiger partial charge in [-0.15, -0.1) is 11.8 Å². The number of allylic oxidation sites excluding steroid dienone is 1. The van der Waals surface area contributed by atoms with Gasteiger partial charge in [0.15, 0.2) is 5.69 Å². The molecule has 0 saturated heterocycles. The largest absolute Gasteiger partial charge is 0.435 e. The van der Waals surface area contributed by atoms with Gasteiger partial charge in [-0.2, -0.15) is 18.3 Å². The van der Waals surface area contributed by atoms with Crippen molar-refractivity contribution < 1.29 is 18.0 Å². The number of thioether (sulfide) groups is 1. The highest BCUT2D eigenvalue weighted by Crippen LogP contribution is 2.41. The van der Waals surface area contributed by atoms with Gasteiger partial charge in [-0.1, -0.05) is 6.08 Å².